The Morgan fingerprint density at radius 3 is 2.90 bits per heavy atom. The van der Waals surface area contributed by atoms with E-state index in [4.69, 9.17) is 4.42 Å². The summed E-state index contributed by atoms with van der Waals surface area (Å²) >= 11 is 0. The van der Waals surface area contributed by atoms with Gasteiger partial charge in [0.1, 0.15) is 0 Å². The molecule has 0 unspecified atom stereocenters. The zero-order valence-electron chi connectivity index (χ0n) is 5.95. The van der Waals surface area contributed by atoms with Crippen LogP contribution in [-0.4, -0.2) is 0 Å². The first-order valence-electron chi connectivity index (χ1n) is 3.25. The summed E-state index contributed by atoms with van der Waals surface area (Å²) in [7, 11) is 0. The molecule has 1 aromatic heterocycles. The van der Waals surface area contributed by atoms with Gasteiger partial charge in [-0.1, -0.05) is 24.3 Å². The van der Waals surface area contributed by atoms with Gasteiger partial charge >= 0.3 is 0 Å². The SMILES string of the molecule is C/C=C\C=C/c1ccoc1. The maximum Gasteiger partial charge on any atom is 0.0974 e. The molecule has 0 saturated heterocycles. The summed E-state index contributed by atoms with van der Waals surface area (Å²) < 4.78 is 4.87. The van der Waals surface area contributed by atoms with E-state index in [9.17, 15) is 0 Å². The molecule has 0 spiro atoms. The Labute approximate surface area is 60.7 Å². The molecule has 52 valence electrons. The fourth-order valence-electron chi connectivity index (χ4n) is 0.648. The zero-order valence-corrected chi connectivity index (χ0v) is 5.95. The molecule has 0 aliphatic carbocycles. The number of rotatable bonds is 2. The summed E-state index contributed by atoms with van der Waals surface area (Å²) in [6.07, 6.45) is 11.3. The predicted molar refractivity (Wildman–Crippen MR) is 42.6 cm³/mol. The van der Waals surface area contributed by atoms with Crippen molar-refractivity contribution in [3.63, 3.8) is 0 Å². The Kier molecular flexibility index (Phi) is 2.56. The van der Waals surface area contributed by atoms with Gasteiger partial charge in [0.05, 0.1) is 12.5 Å². The molecule has 0 aromatic carbocycles. The molecule has 0 aliphatic rings. The van der Waals surface area contributed by atoms with Crippen molar-refractivity contribution in [1.82, 2.24) is 0 Å². The van der Waals surface area contributed by atoms with Gasteiger partial charge in [-0.15, -0.1) is 0 Å². The molecule has 0 bridgehead atoms. The highest BCUT2D eigenvalue weighted by molar-refractivity contribution is 5.48. The van der Waals surface area contributed by atoms with Crippen LogP contribution in [0.4, 0.5) is 0 Å². The van der Waals surface area contributed by atoms with Crippen LogP contribution in [-0.2, 0) is 0 Å². The lowest BCUT2D eigenvalue weighted by Gasteiger charge is -1.76. The third-order valence-electron chi connectivity index (χ3n) is 1.14. The van der Waals surface area contributed by atoms with Crippen molar-refractivity contribution >= 4 is 6.08 Å². The summed E-state index contributed by atoms with van der Waals surface area (Å²) in [5, 5.41) is 0. The van der Waals surface area contributed by atoms with Gasteiger partial charge in [0.25, 0.3) is 0 Å². The normalized spacial score (nSPS) is 11.7. The molecular formula is C9H10O. The number of furan rings is 1. The van der Waals surface area contributed by atoms with Gasteiger partial charge in [0.2, 0.25) is 0 Å². The van der Waals surface area contributed by atoms with E-state index in [-0.39, 0.29) is 0 Å². The molecule has 0 atom stereocenters. The van der Waals surface area contributed by atoms with Crippen LogP contribution < -0.4 is 0 Å². The molecule has 1 aromatic rings. The van der Waals surface area contributed by atoms with E-state index in [0.717, 1.165) is 5.56 Å². The summed E-state index contributed by atoms with van der Waals surface area (Å²) in [4.78, 5) is 0. The van der Waals surface area contributed by atoms with E-state index in [0.29, 0.717) is 0 Å². The van der Waals surface area contributed by atoms with Crippen molar-refractivity contribution in [3.05, 3.63) is 42.4 Å². The topological polar surface area (TPSA) is 13.1 Å². The largest absolute Gasteiger partial charge is 0.472 e. The molecule has 1 heterocycles. The van der Waals surface area contributed by atoms with Gasteiger partial charge < -0.3 is 4.42 Å². The first-order chi connectivity index (χ1) is 4.93. The molecule has 0 amide bonds. The molecular weight excluding hydrogens is 124 g/mol. The van der Waals surface area contributed by atoms with E-state index < -0.39 is 0 Å². The lowest BCUT2D eigenvalue weighted by atomic mass is 10.3. The van der Waals surface area contributed by atoms with Gasteiger partial charge in [-0.05, 0) is 13.0 Å². The van der Waals surface area contributed by atoms with Gasteiger partial charge in [-0.2, -0.15) is 0 Å². The summed E-state index contributed by atoms with van der Waals surface area (Å²) in [6.45, 7) is 1.99. The molecule has 0 radical (unpaired) electrons. The van der Waals surface area contributed by atoms with E-state index in [1.807, 2.05) is 37.3 Å². The van der Waals surface area contributed by atoms with Gasteiger partial charge in [0, 0.05) is 5.56 Å². The van der Waals surface area contributed by atoms with Gasteiger partial charge in [-0.25, -0.2) is 0 Å². The average molecular weight is 134 g/mol. The first-order valence-corrected chi connectivity index (χ1v) is 3.25. The second kappa shape index (κ2) is 3.72. The van der Waals surface area contributed by atoms with Crippen LogP contribution in [0.15, 0.2) is 41.2 Å². The monoisotopic (exact) mass is 134 g/mol. The second-order valence-electron chi connectivity index (χ2n) is 1.94. The number of hydrogen-bond acceptors (Lipinski definition) is 1. The van der Waals surface area contributed by atoms with Gasteiger partial charge in [-0.3, -0.25) is 0 Å². The molecule has 0 N–H and O–H groups in total. The molecule has 0 saturated carbocycles. The van der Waals surface area contributed by atoms with Crippen molar-refractivity contribution < 1.29 is 4.42 Å². The van der Waals surface area contributed by atoms with Crippen molar-refractivity contribution in [2.75, 3.05) is 0 Å². The van der Waals surface area contributed by atoms with E-state index >= 15 is 0 Å². The Balaban J connectivity index is 2.55. The second-order valence-corrected chi connectivity index (χ2v) is 1.94. The van der Waals surface area contributed by atoms with Crippen LogP contribution in [0.1, 0.15) is 12.5 Å². The Morgan fingerprint density at radius 2 is 2.30 bits per heavy atom. The van der Waals surface area contributed by atoms with E-state index in [1.165, 1.54) is 0 Å². The van der Waals surface area contributed by atoms with E-state index in [1.54, 1.807) is 12.5 Å². The molecule has 1 rings (SSSR count). The van der Waals surface area contributed by atoms with Crippen LogP contribution in [0.3, 0.4) is 0 Å². The number of hydrogen-bond donors (Lipinski definition) is 0. The Bertz CT molecular complexity index is 217. The highest BCUT2D eigenvalue weighted by Gasteiger charge is 1.82. The minimum atomic E-state index is 1.10. The Morgan fingerprint density at radius 1 is 1.40 bits per heavy atom. The maximum absolute atomic E-state index is 4.87. The predicted octanol–water partition coefficient (Wildman–Crippen LogP) is 2.87. The Hall–Kier alpha value is -1.24. The van der Waals surface area contributed by atoms with Crippen molar-refractivity contribution in [2.24, 2.45) is 0 Å². The van der Waals surface area contributed by atoms with Crippen LogP contribution in [0.5, 0.6) is 0 Å². The molecule has 0 fully saturated rings. The summed E-state index contributed by atoms with van der Waals surface area (Å²) in [5.41, 5.74) is 1.10. The average Bonchev–Trinajstić information content (AvgIpc) is 2.41. The minimum Gasteiger partial charge on any atom is -0.472 e. The standard InChI is InChI=1S/C9H10O/c1-2-3-4-5-9-6-7-10-8-9/h2-8H,1H3/b3-2-,5-4-. The molecule has 0 aliphatic heterocycles. The zero-order chi connectivity index (χ0) is 7.23. The number of allylic oxidation sites excluding steroid dienone is 3. The van der Waals surface area contributed by atoms with Crippen molar-refractivity contribution in [1.29, 1.82) is 0 Å². The van der Waals surface area contributed by atoms with Crippen molar-refractivity contribution in [2.45, 2.75) is 6.92 Å². The molecule has 10 heavy (non-hydrogen) atoms. The van der Waals surface area contributed by atoms with Crippen LogP contribution in [0, 0.1) is 0 Å². The van der Waals surface area contributed by atoms with Crippen LogP contribution in [0.25, 0.3) is 6.08 Å². The lowest BCUT2D eigenvalue weighted by molar-refractivity contribution is 0.567. The van der Waals surface area contributed by atoms with Crippen LogP contribution >= 0.6 is 0 Å². The fourth-order valence-corrected chi connectivity index (χ4v) is 0.648. The minimum absolute atomic E-state index is 1.10. The summed E-state index contributed by atoms with van der Waals surface area (Å²) in [6, 6.07) is 1.92. The quantitative estimate of drug-likeness (QED) is 0.567. The first kappa shape index (κ1) is 6.87. The van der Waals surface area contributed by atoms with Crippen LogP contribution in [0.2, 0.25) is 0 Å². The van der Waals surface area contributed by atoms with E-state index in [2.05, 4.69) is 0 Å². The molecule has 1 heteroatoms. The highest BCUT2D eigenvalue weighted by atomic mass is 16.3. The summed E-state index contributed by atoms with van der Waals surface area (Å²) in [5.74, 6) is 0. The smallest absolute Gasteiger partial charge is 0.0974 e. The fraction of sp³-hybridized carbons (Fsp3) is 0.111. The third-order valence-corrected chi connectivity index (χ3v) is 1.14. The maximum atomic E-state index is 4.87. The van der Waals surface area contributed by atoms with Gasteiger partial charge in [0.15, 0.2) is 0 Å². The van der Waals surface area contributed by atoms with Crippen molar-refractivity contribution in [3.8, 4) is 0 Å². The molecule has 1 nitrogen and oxygen atoms in total. The third kappa shape index (κ3) is 1.94. The lowest BCUT2D eigenvalue weighted by Crippen LogP contribution is -1.56. The highest BCUT2D eigenvalue weighted by Crippen LogP contribution is 2.01.